The number of benzene rings is 3. The molecule has 38 heavy (non-hydrogen) atoms. The first kappa shape index (κ1) is 25.2. The van der Waals surface area contributed by atoms with Crippen molar-refractivity contribution < 1.29 is 18.6 Å². The lowest BCUT2D eigenvalue weighted by molar-refractivity contribution is 0.101. The van der Waals surface area contributed by atoms with Crippen molar-refractivity contribution >= 4 is 78.4 Å². The number of halogens is 2. The Morgan fingerprint density at radius 3 is 2.61 bits per heavy atom. The highest BCUT2D eigenvalue weighted by Gasteiger charge is 2.20. The van der Waals surface area contributed by atoms with Crippen molar-refractivity contribution in [3.05, 3.63) is 94.9 Å². The Morgan fingerprint density at radius 1 is 1.03 bits per heavy atom. The highest BCUT2D eigenvalue weighted by atomic mass is 127. The van der Waals surface area contributed by atoms with E-state index >= 15 is 0 Å². The van der Waals surface area contributed by atoms with Gasteiger partial charge in [0.1, 0.15) is 0 Å². The number of amides is 2. The molecule has 0 saturated heterocycles. The molecule has 0 aliphatic carbocycles. The molecule has 0 aliphatic heterocycles. The molecular weight excluding hydrogens is 675 g/mol. The van der Waals surface area contributed by atoms with Gasteiger partial charge in [-0.1, -0.05) is 37.4 Å². The summed E-state index contributed by atoms with van der Waals surface area (Å²) in [6.07, 6.45) is 0. The molecule has 2 heterocycles. The molecule has 0 saturated carbocycles. The molecule has 0 fully saturated rings. The van der Waals surface area contributed by atoms with Crippen LogP contribution in [0.1, 0.15) is 20.8 Å². The average Bonchev–Trinajstić information content (AvgIpc) is 3.52. The Labute approximate surface area is 233 Å². The van der Waals surface area contributed by atoms with Crippen LogP contribution < -0.4 is 16.4 Å². The third-order valence-electron chi connectivity index (χ3n) is 5.23. The molecule has 0 radical (unpaired) electrons. The number of nitrogens with one attached hydrogen (secondary N) is 3. The van der Waals surface area contributed by atoms with Gasteiger partial charge < -0.3 is 15.2 Å². The number of hydrogen-bond donors (Lipinski definition) is 3. The first-order valence-electron chi connectivity index (χ1n) is 10.5. The van der Waals surface area contributed by atoms with E-state index in [1.807, 2.05) is 22.6 Å². The lowest BCUT2D eigenvalue weighted by Crippen LogP contribution is -2.14. The van der Waals surface area contributed by atoms with E-state index in [1.165, 1.54) is 6.07 Å². The molecule has 5 aromatic rings. The molecule has 5 rings (SSSR count). The van der Waals surface area contributed by atoms with Crippen LogP contribution in [0.3, 0.4) is 0 Å². The van der Waals surface area contributed by atoms with Gasteiger partial charge in [0.05, 0.1) is 16.8 Å². The van der Waals surface area contributed by atoms with Gasteiger partial charge in [-0.2, -0.15) is 0 Å². The summed E-state index contributed by atoms with van der Waals surface area (Å²) in [7, 11) is 0. The van der Waals surface area contributed by atoms with Crippen molar-refractivity contribution in [3.63, 3.8) is 0 Å². The van der Waals surface area contributed by atoms with Crippen LogP contribution in [0.5, 0.6) is 0 Å². The molecule has 0 spiro atoms. The molecule has 2 aromatic heterocycles. The Kier molecular flexibility index (Phi) is 6.95. The summed E-state index contributed by atoms with van der Waals surface area (Å²) in [6.45, 7) is 0. The number of aromatic nitrogens is 3. The summed E-state index contributed by atoms with van der Waals surface area (Å²) < 4.78 is 11.2. The number of anilines is 2. The lowest BCUT2D eigenvalue weighted by atomic mass is 10.1. The Bertz CT molecular complexity index is 1840. The number of carbonyl (C=O) groups is 2. The number of nitrogens with zero attached hydrogens (tertiary/aromatic N) is 5. The van der Waals surface area contributed by atoms with E-state index in [9.17, 15) is 14.4 Å². The van der Waals surface area contributed by atoms with Crippen LogP contribution in [0.4, 0.5) is 17.1 Å². The second kappa shape index (κ2) is 10.5. The largest absolute Gasteiger partial charge is 0.439 e. The predicted molar refractivity (Wildman–Crippen MR) is 148 cm³/mol. The van der Waals surface area contributed by atoms with Crippen LogP contribution in [-0.4, -0.2) is 27.1 Å². The van der Waals surface area contributed by atoms with Gasteiger partial charge in [-0.15, -0.1) is 0 Å². The first-order chi connectivity index (χ1) is 18.3. The Hall–Kier alpha value is -4.47. The summed E-state index contributed by atoms with van der Waals surface area (Å²) in [5.74, 6) is -1.61. The fraction of sp³-hybridized carbons (Fsp3) is 0. The van der Waals surface area contributed by atoms with E-state index in [4.69, 9.17) is 10.1 Å². The SMILES string of the molecule is [N-]=[N+]=Nc1ccc(C(=O)Nc2ccc3onc(C(=O)Nc4ccc(Br)cc4-c4noc(=O)[nH]4)c3c2)cc1I. The van der Waals surface area contributed by atoms with Gasteiger partial charge in [0.25, 0.3) is 11.8 Å². The number of hydrogen-bond acceptors (Lipinski definition) is 8. The first-order valence-corrected chi connectivity index (χ1v) is 12.4. The smallest absolute Gasteiger partial charge is 0.355 e. The van der Waals surface area contributed by atoms with Gasteiger partial charge in [0, 0.05) is 29.8 Å². The molecule has 15 heteroatoms. The van der Waals surface area contributed by atoms with Gasteiger partial charge >= 0.3 is 5.76 Å². The van der Waals surface area contributed by atoms with Crippen LogP contribution >= 0.6 is 38.5 Å². The third-order valence-corrected chi connectivity index (χ3v) is 6.59. The molecule has 2 amide bonds. The van der Waals surface area contributed by atoms with Crippen molar-refractivity contribution in [2.75, 3.05) is 10.6 Å². The number of fused-ring (bicyclic) bond motifs is 1. The maximum absolute atomic E-state index is 13.2. The second-order valence-corrected chi connectivity index (χ2v) is 9.72. The van der Waals surface area contributed by atoms with Crippen molar-refractivity contribution in [3.8, 4) is 11.4 Å². The number of carbonyl (C=O) groups excluding carboxylic acids is 2. The Morgan fingerprint density at radius 2 is 1.87 bits per heavy atom. The van der Waals surface area contributed by atoms with E-state index in [2.05, 4.69) is 56.4 Å². The monoisotopic (exact) mass is 686 g/mol. The minimum Gasteiger partial charge on any atom is -0.355 e. The van der Waals surface area contributed by atoms with Gasteiger partial charge in [0.2, 0.25) is 0 Å². The zero-order valence-electron chi connectivity index (χ0n) is 18.7. The summed E-state index contributed by atoms with van der Waals surface area (Å²) in [4.78, 5) is 42.6. The van der Waals surface area contributed by atoms with E-state index in [0.29, 0.717) is 47.2 Å². The number of azide groups is 1. The second-order valence-electron chi connectivity index (χ2n) is 7.64. The number of H-pyrrole nitrogens is 1. The molecule has 13 nitrogen and oxygen atoms in total. The summed E-state index contributed by atoms with van der Waals surface area (Å²) in [5.41, 5.74) is 10.8. The molecule has 0 aliphatic rings. The van der Waals surface area contributed by atoms with Crippen LogP contribution in [0.15, 0.2) is 78.0 Å². The zero-order chi connectivity index (χ0) is 26.8. The molecular formula is C23H12BrIN8O5. The van der Waals surface area contributed by atoms with Gasteiger partial charge in [-0.05, 0) is 76.7 Å². The van der Waals surface area contributed by atoms with E-state index < -0.39 is 17.6 Å². The maximum Gasteiger partial charge on any atom is 0.439 e. The molecule has 3 aromatic carbocycles. The van der Waals surface area contributed by atoms with Crippen LogP contribution in [0, 0.1) is 3.57 Å². The minimum atomic E-state index is -0.740. The average molecular weight is 687 g/mol. The number of aromatic amines is 1. The summed E-state index contributed by atoms with van der Waals surface area (Å²) in [6, 6.07) is 14.4. The highest BCUT2D eigenvalue weighted by molar-refractivity contribution is 14.1. The predicted octanol–water partition coefficient (Wildman–Crippen LogP) is 5.98. The van der Waals surface area contributed by atoms with Gasteiger partial charge in [-0.25, -0.2) is 4.79 Å². The standard InChI is InChI=1S/C23H12BrIN8O5/c24-11-2-5-16(13(8-11)20-29-23(36)38-32-20)28-22(35)19-14-9-12(3-6-18(14)37-31-19)27-21(34)10-1-4-17(30-33-26)15(25)7-10/h1-9H,(H,27,34)(H,28,35)(H,29,32,36). The minimum absolute atomic E-state index is 0.0214. The normalized spacial score (nSPS) is 10.7. The zero-order valence-corrected chi connectivity index (χ0v) is 22.5. The number of rotatable bonds is 6. The maximum atomic E-state index is 13.2. The van der Waals surface area contributed by atoms with Crippen molar-refractivity contribution in [2.24, 2.45) is 5.11 Å². The molecule has 3 N–H and O–H groups in total. The van der Waals surface area contributed by atoms with E-state index in [0.717, 1.165) is 0 Å². The van der Waals surface area contributed by atoms with Crippen molar-refractivity contribution in [2.45, 2.75) is 0 Å². The quantitative estimate of drug-likeness (QED) is 0.0846. The Balaban J connectivity index is 1.41. The fourth-order valence-electron chi connectivity index (χ4n) is 3.51. The van der Waals surface area contributed by atoms with Crippen molar-refractivity contribution in [1.29, 1.82) is 0 Å². The topological polar surface area (TPSA) is 192 Å². The van der Waals surface area contributed by atoms with E-state index in [1.54, 1.807) is 48.5 Å². The van der Waals surface area contributed by atoms with Crippen molar-refractivity contribution in [1.82, 2.24) is 15.3 Å². The van der Waals surface area contributed by atoms with Crippen LogP contribution in [0.2, 0.25) is 0 Å². The van der Waals surface area contributed by atoms with Gasteiger partial charge in [0.15, 0.2) is 17.1 Å². The van der Waals surface area contributed by atoms with Gasteiger partial charge in [-0.3, -0.25) is 19.1 Å². The van der Waals surface area contributed by atoms with E-state index in [-0.39, 0.29) is 11.5 Å². The lowest BCUT2D eigenvalue weighted by Gasteiger charge is -2.09. The van der Waals surface area contributed by atoms with Crippen LogP contribution in [0.25, 0.3) is 32.8 Å². The highest BCUT2D eigenvalue weighted by Crippen LogP contribution is 2.30. The molecule has 0 unspecified atom stereocenters. The fourth-order valence-corrected chi connectivity index (χ4v) is 4.49. The molecule has 188 valence electrons. The molecule has 0 bridgehead atoms. The van der Waals surface area contributed by atoms with Crippen LogP contribution in [-0.2, 0) is 0 Å². The molecule has 0 atom stereocenters. The summed E-state index contributed by atoms with van der Waals surface area (Å²) >= 11 is 5.33. The summed E-state index contributed by atoms with van der Waals surface area (Å²) in [5, 5.41) is 17.0. The third kappa shape index (κ3) is 5.15.